The summed E-state index contributed by atoms with van der Waals surface area (Å²) in [4.78, 5) is 15.3. The van der Waals surface area contributed by atoms with Crippen molar-refractivity contribution in [3.8, 4) is 11.7 Å². The monoisotopic (exact) mass is 401 g/mol. The first-order chi connectivity index (χ1) is 14.2. The molecule has 2 aromatic heterocycles. The van der Waals surface area contributed by atoms with Crippen LogP contribution < -0.4 is 9.64 Å². The number of alkyl halides is 2. The molecule has 7 nitrogen and oxygen atoms in total. The lowest BCUT2D eigenvalue weighted by Gasteiger charge is -2.29. The van der Waals surface area contributed by atoms with Gasteiger partial charge in [-0.2, -0.15) is 9.97 Å². The Morgan fingerprint density at radius 2 is 1.86 bits per heavy atom. The molecule has 0 N–H and O–H groups in total. The number of nitrogens with zero attached hydrogens (tertiary/aromatic N) is 5. The van der Waals surface area contributed by atoms with Crippen LogP contribution in [0.2, 0.25) is 0 Å². The number of benzene rings is 1. The van der Waals surface area contributed by atoms with Crippen LogP contribution in [0.1, 0.15) is 31.5 Å². The van der Waals surface area contributed by atoms with Gasteiger partial charge in [-0.1, -0.05) is 12.1 Å². The Labute approximate surface area is 166 Å². The minimum absolute atomic E-state index is 0.115. The zero-order valence-electron chi connectivity index (χ0n) is 15.8. The van der Waals surface area contributed by atoms with Crippen LogP contribution in [0, 0.1) is 0 Å². The molecule has 0 unspecified atom stereocenters. The van der Waals surface area contributed by atoms with Crippen molar-refractivity contribution in [2.24, 2.45) is 0 Å². The summed E-state index contributed by atoms with van der Waals surface area (Å²) in [6, 6.07) is 8.68. The molecule has 1 aliphatic heterocycles. The van der Waals surface area contributed by atoms with Gasteiger partial charge < -0.3 is 14.4 Å². The van der Waals surface area contributed by atoms with Crippen molar-refractivity contribution in [2.75, 3.05) is 31.2 Å². The Morgan fingerprint density at radius 1 is 1.07 bits per heavy atom. The van der Waals surface area contributed by atoms with Gasteiger partial charge in [-0.25, -0.2) is 13.8 Å². The highest BCUT2D eigenvalue weighted by molar-refractivity contribution is 5.78. The summed E-state index contributed by atoms with van der Waals surface area (Å²) < 4.78 is 40.4. The highest BCUT2D eigenvalue weighted by Gasteiger charge is 2.25. The van der Waals surface area contributed by atoms with Gasteiger partial charge in [0.05, 0.1) is 24.2 Å². The molecule has 5 rings (SSSR count). The van der Waals surface area contributed by atoms with Crippen molar-refractivity contribution in [2.45, 2.75) is 31.8 Å². The lowest BCUT2D eigenvalue weighted by molar-refractivity contribution is 0.113. The fourth-order valence-electron chi connectivity index (χ4n) is 3.57. The number of morpholine rings is 1. The van der Waals surface area contributed by atoms with E-state index in [-0.39, 0.29) is 11.9 Å². The number of anilines is 1. The fourth-order valence-corrected chi connectivity index (χ4v) is 3.57. The van der Waals surface area contributed by atoms with Gasteiger partial charge in [-0.15, -0.1) is 0 Å². The molecular formula is C20H21F2N5O2. The Morgan fingerprint density at radius 3 is 2.59 bits per heavy atom. The molecule has 1 aliphatic carbocycles. The quantitative estimate of drug-likeness (QED) is 0.652. The number of para-hydroxylation sites is 2. The first kappa shape index (κ1) is 18.2. The van der Waals surface area contributed by atoms with Crippen LogP contribution in [0.15, 0.2) is 30.3 Å². The third-order valence-corrected chi connectivity index (χ3v) is 5.32. The van der Waals surface area contributed by atoms with Gasteiger partial charge in [-0.05, 0) is 31.4 Å². The summed E-state index contributed by atoms with van der Waals surface area (Å²) in [7, 11) is 0. The molecule has 1 saturated carbocycles. The lowest BCUT2D eigenvalue weighted by Crippen LogP contribution is -2.37. The summed E-state index contributed by atoms with van der Waals surface area (Å²) in [5.41, 5.74) is 1.07. The number of fused-ring (bicyclic) bond motifs is 1. The summed E-state index contributed by atoms with van der Waals surface area (Å²) in [5, 5.41) is 0. The highest BCUT2D eigenvalue weighted by Crippen LogP contribution is 2.31. The second kappa shape index (κ2) is 7.55. The molecule has 0 atom stereocenters. The molecule has 2 fully saturated rings. The molecule has 29 heavy (non-hydrogen) atoms. The first-order valence-electron chi connectivity index (χ1n) is 9.83. The minimum atomic E-state index is -2.74. The summed E-state index contributed by atoms with van der Waals surface area (Å²) in [6.45, 7) is 2.42. The van der Waals surface area contributed by atoms with E-state index >= 15 is 0 Å². The fraction of sp³-hybridized carbons (Fsp3) is 0.450. The summed E-state index contributed by atoms with van der Waals surface area (Å²) in [6.07, 6.45) is 0.454. The Hall–Kier alpha value is -2.81. The lowest BCUT2D eigenvalue weighted by atomic mass is 9.96. The van der Waals surface area contributed by atoms with E-state index in [4.69, 9.17) is 9.47 Å². The van der Waals surface area contributed by atoms with E-state index in [2.05, 4.69) is 15.0 Å². The molecule has 0 spiro atoms. The second-order valence-corrected chi connectivity index (χ2v) is 7.23. The predicted molar refractivity (Wildman–Crippen MR) is 103 cm³/mol. The third kappa shape index (κ3) is 3.50. The van der Waals surface area contributed by atoms with Gasteiger partial charge in [0.1, 0.15) is 11.9 Å². The van der Waals surface area contributed by atoms with E-state index in [1.165, 1.54) is 4.57 Å². The zero-order valence-corrected chi connectivity index (χ0v) is 15.8. The van der Waals surface area contributed by atoms with E-state index in [1.54, 1.807) is 30.3 Å². The zero-order chi connectivity index (χ0) is 19.8. The number of hydrogen-bond acceptors (Lipinski definition) is 6. The summed E-state index contributed by atoms with van der Waals surface area (Å²) >= 11 is 0. The molecule has 152 valence electrons. The van der Waals surface area contributed by atoms with Crippen molar-refractivity contribution in [1.29, 1.82) is 0 Å². The van der Waals surface area contributed by atoms with Crippen LogP contribution >= 0.6 is 0 Å². The topological polar surface area (TPSA) is 65.3 Å². The van der Waals surface area contributed by atoms with Crippen LogP contribution in [0.3, 0.4) is 0 Å². The van der Waals surface area contributed by atoms with Crippen molar-refractivity contribution < 1.29 is 18.3 Å². The van der Waals surface area contributed by atoms with E-state index in [0.29, 0.717) is 55.0 Å². The van der Waals surface area contributed by atoms with Crippen LogP contribution in [0.25, 0.3) is 16.9 Å². The molecule has 0 radical (unpaired) electrons. The van der Waals surface area contributed by atoms with Crippen LogP contribution in [0.4, 0.5) is 14.7 Å². The van der Waals surface area contributed by atoms with Crippen molar-refractivity contribution in [3.05, 3.63) is 36.2 Å². The molecule has 0 bridgehead atoms. The molecule has 3 heterocycles. The Bertz CT molecular complexity index is 1020. The van der Waals surface area contributed by atoms with Crippen molar-refractivity contribution >= 4 is 17.0 Å². The van der Waals surface area contributed by atoms with Crippen LogP contribution in [-0.4, -0.2) is 51.9 Å². The average Bonchev–Trinajstić information content (AvgIpc) is 3.11. The highest BCUT2D eigenvalue weighted by atomic mass is 19.3. The second-order valence-electron chi connectivity index (χ2n) is 7.23. The van der Waals surface area contributed by atoms with Gasteiger partial charge in [0.2, 0.25) is 11.8 Å². The number of aromatic nitrogens is 4. The maximum atomic E-state index is 13.8. The van der Waals surface area contributed by atoms with E-state index in [9.17, 15) is 8.78 Å². The van der Waals surface area contributed by atoms with Crippen molar-refractivity contribution in [1.82, 2.24) is 19.5 Å². The standard InChI is InChI=1S/C20H21F2N5O2/c21-18(22)19-23-14-6-1-2-7-15(14)27(19)16-12-17(29-13-4-3-5-13)25-20(24-16)26-8-10-28-11-9-26/h1-2,6-7,12-13,18H,3-5,8-11H2. The molecule has 9 heteroatoms. The van der Waals surface area contributed by atoms with Crippen molar-refractivity contribution in [3.63, 3.8) is 0 Å². The van der Waals surface area contributed by atoms with E-state index in [0.717, 1.165) is 19.3 Å². The minimum Gasteiger partial charge on any atom is -0.474 e. The normalized spacial score (nSPS) is 17.7. The van der Waals surface area contributed by atoms with E-state index in [1.807, 2.05) is 4.90 Å². The number of imidazole rings is 1. The molecule has 1 saturated heterocycles. The molecule has 3 aromatic rings. The van der Waals surface area contributed by atoms with Crippen LogP contribution in [-0.2, 0) is 4.74 Å². The molecule has 1 aromatic carbocycles. The number of rotatable bonds is 5. The molecule has 0 amide bonds. The molecular weight excluding hydrogens is 380 g/mol. The summed E-state index contributed by atoms with van der Waals surface area (Å²) in [5.74, 6) is 0.851. The largest absolute Gasteiger partial charge is 0.474 e. The maximum absolute atomic E-state index is 13.8. The Balaban J connectivity index is 1.64. The number of ether oxygens (including phenoxy) is 2. The predicted octanol–water partition coefficient (Wildman–Crippen LogP) is 3.52. The number of halogens is 2. The van der Waals surface area contributed by atoms with Gasteiger partial charge in [0, 0.05) is 19.2 Å². The average molecular weight is 401 g/mol. The van der Waals surface area contributed by atoms with Gasteiger partial charge >= 0.3 is 0 Å². The van der Waals surface area contributed by atoms with Gasteiger partial charge in [0.25, 0.3) is 6.43 Å². The maximum Gasteiger partial charge on any atom is 0.296 e. The SMILES string of the molecule is FC(F)c1nc2ccccc2n1-c1cc(OC2CCC2)nc(N2CCOCC2)n1. The van der Waals surface area contributed by atoms with E-state index < -0.39 is 6.43 Å². The van der Waals surface area contributed by atoms with Gasteiger partial charge in [0.15, 0.2) is 5.82 Å². The first-order valence-corrected chi connectivity index (χ1v) is 9.83. The number of hydrogen-bond donors (Lipinski definition) is 0. The Kier molecular flexibility index (Phi) is 4.75. The van der Waals surface area contributed by atoms with Crippen LogP contribution in [0.5, 0.6) is 5.88 Å². The van der Waals surface area contributed by atoms with Gasteiger partial charge in [-0.3, -0.25) is 4.57 Å². The molecule has 2 aliphatic rings. The smallest absolute Gasteiger partial charge is 0.296 e. The third-order valence-electron chi connectivity index (χ3n) is 5.32.